The number of carboxylic acids is 1. The van der Waals surface area contributed by atoms with Crippen LogP contribution in [0.3, 0.4) is 0 Å². The molecule has 10 heteroatoms. The Hall–Kier alpha value is -0.147. The van der Waals surface area contributed by atoms with Crippen LogP contribution in [0.4, 0.5) is 0 Å². The van der Waals surface area contributed by atoms with E-state index < -0.39 is 18.1 Å². The first-order valence-corrected chi connectivity index (χ1v) is 8.47. The largest absolute Gasteiger partial charge is 2.00 e. The van der Waals surface area contributed by atoms with Gasteiger partial charge in [-0.2, -0.15) is 25.3 Å². The molecule has 24 heavy (non-hydrogen) atoms. The number of aliphatic carboxylic acids is 1. The third-order valence-corrected chi connectivity index (χ3v) is 3.52. The molecular weight excluding hydrogens is 406 g/mol. The van der Waals surface area contributed by atoms with Crippen molar-refractivity contribution in [3.8, 4) is 0 Å². The van der Waals surface area contributed by atoms with Gasteiger partial charge in [-0.15, -0.1) is 0 Å². The summed E-state index contributed by atoms with van der Waals surface area (Å²) in [7, 11) is 0. The molecular formula is C14H26N2O5S2Zn. The van der Waals surface area contributed by atoms with Crippen molar-refractivity contribution in [1.82, 2.24) is 5.32 Å². The van der Waals surface area contributed by atoms with E-state index in [4.69, 9.17) is 15.0 Å². The molecule has 0 aromatic carbocycles. The number of carboxylic acid groups (broad SMARTS) is 1. The number of hydrogen-bond acceptors (Lipinski definition) is 8. The van der Waals surface area contributed by atoms with Gasteiger partial charge in [0, 0.05) is 24.3 Å². The van der Waals surface area contributed by atoms with Gasteiger partial charge in [0.1, 0.15) is 0 Å². The van der Waals surface area contributed by atoms with Crippen molar-refractivity contribution in [3.05, 3.63) is 0 Å². The molecule has 0 rings (SSSR count). The van der Waals surface area contributed by atoms with Crippen LogP contribution in [0, 0.1) is 0 Å². The minimum Gasteiger partial charge on any atom is -0.549 e. The SMILES string of the molecule is CC(O)C([C-]=O)NC(=O)CCCCC(S)CCS.NCC(=O)[O-].[Zn+2]. The number of hydrogen-bond donors (Lipinski definition) is 5. The van der Waals surface area contributed by atoms with Gasteiger partial charge in [-0.1, -0.05) is 6.42 Å². The monoisotopic (exact) mass is 430 g/mol. The molecule has 1 amide bonds. The van der Waals surface area contributed by atoms with Gasteiger partial charge in [-0.05, 0) is 38.0 Å². The summed E-state index contributed by atoms with van der Waals surface area (Å²) in [5.74, 6) is -0.626. The van der Waals surface area contributed by atoms with E-state index in [0.717, 1.165) is 31.4 Å². The first-order chi connectivity index (χ1) is 10.8. The van der Waals surface area contributed by atoms with Crippen LogP contribution in [-0.4, -0.2) is 53.0 Å². The average Bonchev–Trinajstić information content (AvgIpc) is 2.49. The first kappa shape index (κ1) is 28.6. The quantitative estimate of drug-likeness (QED) is 0.121. The van der Waals surface area contributed by atoms with Crippen molar-refractivity contribution >= 4 is 43.4 Å². The summed E-state index contributed by atoms with van der Waals surface area (Å²) < 4.78 is 0. The van der Waals surface area contributed by atoms with Crippen LogP contribution >= 0.6 is 25.3 Å². The van der Waals surface area contributed by atoms with E-state index in [2.05, 4.69) is 36.3 Å². The standard InChI is InChI=1S/C12H22NO3S2.C2H5NO2.Zn/c1-9(15)11(8-14)13-12(16)5-3-2-4-10(18)6-7-17;3-1-2(4)5;/h9-11,15,17-18H,2-7H2,1H3,(H,13,16);1,3H2,(H,4,5);/q-1;;+2/p-1. The molecule has 0 aliphatic carbocycles. The molecule has 0 bridgehead atoms. The Kier molecular flexibility index (Phi) is 22.9. The van der Waals surface area contributed by atoms with Crippen molar-refractivity contribution in [2.24, 2.45) is 5.73 Å². The number of rotatable bonds is 11. The third-order valence-electron chi connectivity index (χ3n) is 2.75. The Morgan fingerprint density at radius 3 is 2.25 bits per heavy atom. The fraction of sp³-hybridized carbons (Fsp3) is 0.786. The van der Waals surface area contributed by atoms with Crippen LogP contribution in [0.2, 0.25) is 0 Å². The zero-order valence-corrected chi connectivity index (χ0v) is 18.7. The zero-order valence-electron chi connectivity index (χ0n) is 13.9. The summed E-state index contributed by atoms with van der Waals surface area (Å²) in [6, 6.07) is -0.931. The van der Waals surface area contributed by atoms with Crippen molar-refractivity contribution in [2.45, 2.75) is 56.4 Å². The fourth-order valence-electron chi connectivity index (χ4n) is 1.45. The summed E-state index contributed by atoms with van der Waals surface area (Å²) in [4.78, 5) is 31.0. The number of aliphatic hydroxyl groups is 1. The molecule has 0 aromatic heterocycles. The van der Waals surface area contributed by atoms with Gasteiger partial charge < -0.3 is 30.9 Å². The van der Waals surface area contributed by atoms with E-state index in [9.17, 15) is 9.59 Å². The maximum atomic E-state index is 11.5. The number of amides is 1. The van der Waals surface area contributed by atoms with Crippen LogP contribution in [0.5, 0.6) is 0 Å². The molecule has 0 aliphatic rings. The van der Waals surface area contributed by atoms with E-state index in [0.29, 0.717) is 11.7 Å². The second-order valence-corrected chi connectivity index (χ2v) is 6.07. The predicted molar refractivity (Wildman–Crippen MR) is 93.1 cm³/mol. The van der Waals surface area contributed by atoms with Gasteiger partial charge in [-0.3, -0.25) is 4.79 Å². The minimum absolute atomic E-state index is 0. The third kappa shape index (κ3) is 19.9. The van der Waals surface area contributed by atoms with E-state index in [1.807, 2.05) is 0 Å². The molecule has 0 saturated heterocycles. The summed E-state index contributed by atoms with van der Waals surface area (Å²) in [6.45, 7) is 1.05. The fourth-order valence-corrected chi connectivity index (χ4v) is 2.28. The molecule has 0 aromatic rings. The van der Waals surface area contributed by atoms with E-state index >= 15 is 0 Å². The molecule has 4 N–H and O–H groups in total. The Balaban J connectivity index is -0.000000639. The molecule has 7 nitrogen and oxygen atoms in total. The van der Waals surface area contributed by atoms with E-state index in [-0.39, 0.29) is 31.9 Å². The topological polar surface area (TPSA) is 133 Å². The molecule has 136 valence electrons. The number of carbonyl (C=O) groups is 2. The molecule has 0 aliphatic heterocycles. The maximum Gasteiger partial charge on any atom is 2.00 e. The minimum atomic E-state index is -1.22. The number of nitrogens with one attached hydrogen (secondary N) is 1. The Labute approximate surface area is 167 Å². The second-order valence-electron chi connectivity index (χ2n) is 4.89. The summed E-state index contributed by atoms with van der Waals surface area (Å²) in [6.07, 6.45) is 4.63. The molecule has 0 heterocycles. The predicted octanol–water partition coefficient (Wildman–Crippen LogP) is -1.17. The molecule has 0 fully saturated rings. The molecule has 3 unspecified atom stereocenters. The van der Waals surface area contributed by atoms with Crippen LogP contribution < -0.4 is 16.2 Å². The van der Waals surface area contributed by atoms with Crippen molar-refractivity contribution in [3.63, 3.8) is 0 Å². The number of unbranched alkanes of at least 4 members (excludes halogenated alkanes) is 1. The van der Waals surface area contributed by atoms with Gasteiger partial charge >= 0.3 is 19.5 Å². The normalized spacial score (nSPS) is 13.4. The maximum absolute atomic E-state index is 11.5. The summed E-state index contributed by atoms with van der Waals surface area (Å²) >= 11 is 8.53. The Bertz CT molecular complexity index is 349. The van der Waals surface area contributed by atoms with Crippen molar-refractivity contribution in [2.75, 3.05) is 12.3 Å². The van der Waals surface area contributed by atoms with Crippen LogP contribution in [0.25, 0.3) is 0 Å². The molecule has 0 radical (unpaired) electrons. The smallest absolute Gasteiger partial charge is 0.549 e. The Morgan fingerprint density at radius 2 is 1.88 bits per heavy atom. The van der Waals surface area contributed by atoms with E-state index in [1.165, 1.54) is 6.92 Å². The van der Waals surface area contributed by atoms with Crippen molar-refractivity contribution < 1.29 is 44.1 Å². The zero-order chi connectivity index (χ0) is 18.3. The molecule has 0 saturated carbocycles. The molecule has 3 atom stereocenters. The van der Waals surface area contributed by atoms with Gasteiger partial charge in [-0.25, -0.2) is 6.29 Å². The van der Waals surface area contributed by atoms with Gasteiger partial charge in [0.25, 0.3) is 0 Å². The first-order valence-electron chi connectivity index (χ1n) is 7.32. The van der Waals surface area contributed by atoms with E-state index in [1.54, 1.807) is 6.29 Å². The van der Waals surface area contributed by atoms with Crippen LogP contribution in [0.15, 0.2) is 0 Å². The number of nitrogens with two attached hydrogens (primary N) is 1. The van der Waals surface area contributed by atoms with Crippen molar-refractivity contribution in [1.29, 1.82) is 0 Å². The summed E-state index contributed by atoms with van der Waals surface area (Å²) in [5, 5.41) is 21.1. The summed E-state index contributed by atoms with van der Waals surface area (Å²) in [5.41, 5.74) is 4.51. The van der Waals surface area contributed by atoms with Crippen LogP contribution in [-0.2, 0) is 33.9 Å². The Morgan fingerprint density at radius 1 is 1.33 bits per heavy atom. The van der Waals surface area contributed by atoms with Gasteiger partial charge in [0.15, 0.2) is 0 Å². The second kappa shape index (κ2) is 19.2. The van der Waals surface area contributed by atoms with Gasteiger partial charge in [0.2, 0.25) is 5.91 Å². The number of carbonyl (C=O) groups excluding carboxylic acids is 3. The average molecular weight is 432 g/mol. The van der Waals surface area contributed by atoms with Crippen LogP contribution in [0.1, 0.15) is 39.0 Å². The number of aliphatic hydroxyl groups excluding tert-OH is 1. The number of thiol groups is 2. The molecule has 0 spiro atoms. The van der Waals surface area contributed by atoms with Gasteiger partial charge in [0.05, 0.1) is 5.97 Å².